The van der Waals surface area contributed by atoms with E-state index in [2.05, 4.69) is 10.3 Å². The highest BCUT2D eigenvalue weighted by Gasteiger charge is 2.51. The summed E-state index contributed by atoms with van der Waals surface area (Å²) in [5, 5.41) is 2.82. The molecule has 3 rings (SSSR count). The van der Waals surface area contributed by atoms with Crippen molar-refractivity contribution >= 4 is 21.9 Å². The summed E-state index contributed by atoms with van der Waals surface area (Å²) in [7, 11) is -3.31. The Morgan fingerprint density at radius 3 is 2.67 bits per heavy atom. The van der Waals surface area contributed by atoms with Gasteiger partial charge in [-0.25, -0.2) is 17.5 Å². The minimum Gasteiger partial charge on any atom is -0.450 e. The first kappa shape index (κ1) is 19.5. The molecule has 1 fully saturated rings. The van der Waals surface area contributed by atoms with E-state index in [-0.39, 0.29) is 49.7 Å². The molecule has 0 aliphatic carbocycles. The second-order valence-corrected chi connectivity index (χ2v) is 8.98. The van der Waals surface area contributed by atoms with Gasteiger partial charge in [0.2, 0.25) is 10.0 Å². The number of nitrogens with zero attached hydrogens (tertiary/aromatic N) is 2. The van der Waals surface area contributed by atoms with Crippen LogP contribution in [0.1, 0.15) is 32.3 Å². The fourth-order valence-electron chi connectivity index (χ4n) is 3.56. The molecule has 1 aromatic heterocycles. The van der Waals surface area contributed by atoms with Crippen molar-refractivity contribution in [2.24, 2.45) is 0 Å². The largest absolute Gasteiger partial charge is 0.450 e. The Hall–Kier alpha value is -2.26. The lowest BCUT2D eigenvalue weighted by molar-refractivity contribution is -0.150. The van der Waals surface area contributed by atoms with Gasteiger partial charge >= 0.3 is 5.97 Å². The van der Waals surface area contributed by atoms with Gasteiger partial charge in [0.15, 0.2) is 0 Å². The van der Waals surface area contributed by atoms with Crippen molar-refractivity contribution in [3.05, 3.63) is 41.2 Å². The standard InChI is InChI=1S/C18H23N3O5S/c1-3-27(24,25)21-9-6-18(7-10-21)15(13(2)17(23)26-18)16(22)20-12-14-5-4-8-19-11-14/h4-5,8,11H,3,6-7,9-10,12H2,1-2H3,(H,20,22). The lowest BCUT2D eigenvalue weighted by Gasteiger charge is -2.38. The second-order valence-electron chi connectivity index (χ2n) is 6.73. The molecule has 1 saturated heterocycles. The van der Waals surface area contributed by atoms with Crippen LogP contribution in [0.25, 0.3) is 0 Å². The quantitative estimate of drug-likeness (QED) is 0.740. The number of nitrogens with one attached hydrogen (secondary N) is 1. The van der Waals surface area contributed by atoms with Crippen LogP contribution in [0.2, 0.25) is 0 Å². The molecule has 1 aromatic rings. The summed E-state index contributed by atoms with van der Waals surface area (Å²) in [6.45, 7) is 3.89. The number of piperidine rings is 1. The maximum Gasteiger partial charge on any atom is 0.335 e. The van der Waals surface area contributed by atoms with E-state index in [1.165, 1.54) is 4.31 Å². The summed E-state index contributed by atoms with van der Waals surface area (Å²) >= 11 is 0. The molecule has 0 unspecified atom stereocenters. The zero-order chi connectivity index (χ0) is 19.7. The van der Waals surface area contributed by atoms with Gasteiger partial charge in [-0.05, 0) is 25.5 Å². The van der Waals surface area contributed by atoms with Crippen molar-refractivity contribution < 1.29 is 22.7 Å². The summed E-state index contributed by atoms with van der Waals surface area (Å²) in [5.74, 6) is -0.866. The summed E-state index contributed by atoms with van der Waals surface area (Å²) < 4.78 is 31.1. The first-order valence-corrected chi connectivity index (χ1v) is 10.5. The summed E-state index contributed by atoms with van der Waals surface area (Å²) in [6.07, 6.45) is 3.84. The van der Waals surface area contributed by atoms with Crippen LogP contribution >= 0.6 is 0 Å². The minimum atomic E-state index is -3.31. The average molecular weight is 393 g/mol. The zero-order valence-electron chi connectivity index (χ0n) is 15.4. The predicted octanol–water partition coefficient (Wildman–Crippen LogP) is 0.755. The number of rotatable bonds is 5. The van der Waals surface area contributed by atoms with Crippen LogP contribution in [0, 0.1) is 0 Å². The first-order valence-electron chi connectivity index (χ1n) is 8.89. The van der Waals surface area contributed by atoms with E-state index < -0.39 is 21.6 Å². The van der Waals surface area contributed by atoms with Crippen LogP contribution in [0.15, 0.2) is 35.7 Å². The molecule has 2 aliphatic rings. The van der Waals surface area contributed by atoms with E-state index in [4.69, 9.17) is 4.74 Å². The van der Waals surface area contributed by atoms with Gasteiger partial charge in [-0.2, -0.15) is 0 Å². The number of hydrogen-bond donors (Lipinski definition) is 1. The van der Waals surface area contributed by atoms with Crippen molar-refractivity contribution in [3.63, 3.8) is 0 Å². The van der Waals surface area contributed by atoms with E-state index in [0.717, 1.165) is 5.56 Å². The fourth-order valence-corrected chi connectivity index (χ4v) is 4.66. The molecule has 9 heteroatoms. The van der Waals surface area contributed by atoms with Crippen LogP contribution < -0.4 is 5.32 Å². The third-order valence-corrected chi connectivity index (χ3v) is 7.00. The number of pyridine rings is 1. The third-order valence-electron chi connectivity index (χ3n) is 5.12. The number of hydrogen-bond acceptors (Lipinski definition) is 6. The topological polar surface area (TPSA) is 106 Å². The Bertz CT molecular complexity index is 872. The van der Waals surface area contributed by atoms with E-state index >= 15 is 0 Å². The highest BCUT2D eigenvalue weighted by Crippen LogP contribution is 2.41. The number of carbonyl (C=O) groups excluding carboxylic acids is 2. The zero-order valence-corrected chi connectivity index (χ0v) is 16.2. The maximum absolute atomic E-state index is 12.8. The Morgan fingerprint density at radius 2 is 2.07 bits per heavy atom. The van der Waals surface area contributed by atoms with Crippen molar-refractivity contribution in [2.75, 3.05) is 18.8 Å². The van der Waals surface area contributed by atoms with Crippen LogP contribution in [0.4, 0.5) is 0 Å². The Balaban J connectivity index is 1.76. The lowest BCUT2D eigenvalue weighted by atomic mass is 9.83. The third kappa shape index (κ3) is 3.74. The molecule has 0 aromatic carbocycles. The SMILES string of the molecule is CCS(=O)(=O)N1CCC2(CC1)OC(=O)C(C)=C2C(=O)NCc1cccnc1. The number of aromatic nitrogens is 1. The molecule has 8 nitrogen and oxygen atoms in total. The predicted molar refractivity (Wildman–Crippen MR) is 97.9 cm³/mol. The van der Waals surface area contributed by atoms with Gasteiger partial charge in [-0.15, -0.1) is 0 Å². The Labute approximate surface area is 158 Å². The normalized spacial score (nSPS) is 20.0. The number of esters is 1. The van der Waals surface area contributed by atoms with Crippen LogP contribution in [0.5, 0.6) is 0 Å². The van der Waals surface area contributed by atoms with Gasteiger partial charge in [-0.3, -0.25) is 9.78 Å². The van der Waals surface area contributed by atoms with E-state index in [1.807, 2.05) is 6.07 Å². The number of amides is 1. The van der Waals surface area contributed by atoms with Gasteiger partial charge in [-0.1, -0.05) is 6.07 Å². The van der Waals surface area contributed by atoms with Crippen LogP contribution in [0.3, 0.4) is 0 Å². The molecule has 3 heterocycles. The Kier molecular flexibility index (Phi) is 5.34. The summed E-state index contributed by atoms with van der Waals surface area (Å²) in [4.78, 5) is 29.0. The van der Waals surface area contributed by atoms with Gasteiger partial charge in [0.1, 0.15) is 5.60 Å². The number of carbonyl (C=O) groups is 2. The highest BCUT2D eigenvalue weighted by molar-refractivity contribution is 7.89. The lowest BCUT2D eigenvalue weighted by Crippen LogP contribution is -2.50. The molecule has 1 spiro atoms. The Morgan fingerprint density at radius 1 is 1.37 bits per heavy atom. The van der Waals surface area contributed by atoms with Crippen LogP contribution in [-0.2, 0) is 30.9 Å². The van der Waals surface area contributed by atoms with E-state index in [9.17, 15) is 18.0 Å². The summed E-state index contributed by atoms with van der Waals surface area (Å²) in [6, 6.07) is 3.62. The highest BCUT2D eigenvalue weighted by atomic mass is 32.2. The van der Waals surface area contributed by atoms with Gasteiger partial charge < -0.3 is 10.1 Å². The molecule has 2 aliphatic heterocycles. The van der Waals surface area contributed by atoms with E-state index in [0.29, 0.717) is 5.57 Å². The van der Waals surface area contributed by atoms with Crippen molar-refractivity contribution in [2.45, 2.75) is 38.8 Å². The molecule has 0 bridgehead atoms. The van der Waals surface area contributed by atoms with Crippen molar-refractivity contribution in [3.8, 4) is 0 Å². The molecule has 1 amide bonds. The number of ether oxygens (including phenoxy) is 1. The van der Waals surface area contributed by atoms with Gasteiger partial charge in [0.05, 0.1) is 11.3 Å². The maximum atomic E-state index is 12.8. The molecular weight excluding hydrogens is 370 g/mol. The smallest absolute Gasteiger partial charge is 0.335 e. The van der Waals surface area contributed by atoms with E-state index in [1.54, 1.807) is 32.3 Å². The van der Waals surface area contributed by atoms with Crippen molar-refractivity contribution in [1.82, 2.24) is 14.6 Å². The molecule has 27 heavy (non-hydrogen) atoms. The first-order chi connectivity index (χ1) is 12.8. The monoisotopic (exact) mass is 393 g/mol. The minimum absolute atomic E-state index is 0.0209. The molecule has 0 atom stereocenters. The molecule has 0 saturated carbocycles. The van der Waals surface area contributed by atoms with Crippen molar-refractivity contribution in [1.29, 1.82) is 0 Å². The average Bonchev–Trinajstić information content (AvgIpc) is 2.90. The fraction of sp³-hybridized carbons (Fsp3) is 0.500. The molecule has 146 valence electrons. The molecular formula is C18H23N3O5S. The number of sulfonamides is 1. The summed E-state index contributed by atoms with van der Waals surface area (Å²) in [5.41, 5.74) is 0.377. The van der Waals surface area contributed by atoms with Crippen LogP contribution in [-0.4, -0.2) is 54.0 Å². The second kappa shape index (κ2) is 7.40. The molecule has 1 N–H and O–H groups in total. The van der Waals surface area contributed by atoms with Gasteiger partial charge in [0.25, 0.3) is 5.91 Å². The molecule has 0 radical (unpaired) electrons. The van der Waals surface area contributed by atoms with Gasteiger partial charge in [0, 0.05) is 50.4 Å².